The smallest absolute Gasteiger partial charge is 0.314 e. The highest BCUT2D eigenvalue weighted by atomic mass is 28.5. The molecule has 0 radical (unpaired) electrons. The van der Waals surface area contributed by atoms with Gasteiger partial charge in [0.05, 0.1) is 11.4 Å². The molecule has 0 fully saturated rings. The monoisotopic (exact) mass is 530 g/mol. The van der Waals surface area contributed by atoms with Gasteiger partial charge in [-0.25, -0.2) is 0 Å². The summed E-state index contributed by atoms with van der Waals surface area (Å²) in [5, 5.41) is 11.6. The van der Waals surface area contributed by atoms with Crippen molar-refractivity contribution in [2.45, 2.75) is 58.3 Å². The number of rotatable bonds is 12. The van der Waals surface area contributed by atoms with Gasteiger partial charge in [0.2, 0.25) is 0 Å². The van der Waals surface area contributed by atoms with Crippen LogP contribution in [-0.2, 0) is 8.23 Å². The summed E-state index contributed by atoms with van der Waals surface area (Å²) in [5.74, 6) is -0.0895. The minimum Gasteiger partial charge on any atom is -0.437 e. The Kier molecular flexibility index (Phi) is 10.2. The van der Waals surface area contributed by atoms with Gasteiger partial charge in [0.15, 0.2) is 16.6 Å². The Morgan fingerprint density at radius 3 is 1.69 bits per heavy atom. The molecule has 7 nitrogen and oxygen atoms in total. The predicted octanol–water partition coefficient (Wildman–Crippen LogP) is 7.06. The van der Waals surface area contributed by atoms with Crippen LogP contribution in [0.2, 0.25) is 51.9 Å². The summed E-state index contributed by atoms with van der Waals surface area (Å²) in [7, 11) is -1.71. The number of nitrogens with one attached hydrogen (secondary N) is 1. The van der Waals surface area contributed by atoms with Gasteiger partial charge >= 0.3 is 8.56 Å². The van der Waals surface area contributed by atoms with Gasteiger partial charge in [-0.1, -0.05) is 0 Å². The third-order valence-electron chi connectivity index (χ3n) is 4.91. The molecular formula is C25H42N4O3Si3. The number of anilines is 1. The van der Waals surface area contributed by atoms with Crippen LogP contribution in [0.25, 0.3) is 0 Å². The summed E-state index contributed by atoms with van der Waals surface area (Å²) < 4.78 is 13.1. The van der Waals surface area contributed by atoms with Crippen molar-refractivity contribution in [2.24, 2.45) is 10.2 Å². The number of amides is 1. The number of nitrogens with zero attached hydrogens (tertiary/aromatic N) is 3. The predicted molar refractivity (Wildman–Crippen MR) is 154 cm³/mol. The molecule has 0 aliphatic heterocycles. The first-order chi connectivity index (χ1) is 16.2. The average Bonchev–Trinajstić information content (AvgIpc) is 2.73. The summed E-state index contributed by atoms with van der Waals surface area (Å²) in [6.07, 6.45) is 0.836. The van der Waals surface area contributed by atoms with Gasteiger partial charge in [-0.05, 0) is 107 Å². The lowest BCUT2D eigenvalue weighted by Gasteiger charge is -2.38. The Bertz CT molecular complexity index is 967. The summed E-state index contributed by atoms with van der Waals surface area (Å²) in [5.41, 5.74) is 3.20. The van der Waals surface area contributed by atoms with E-state index in [0.717, 1.165) is 23.8 Å². The van der Waals surface area contributed by atoms with Crippen molar-refractivity contribution in [1.82, 2.24) is 5.32 Å². The molecule has 1 amide bonds. The van der Waals surface area contributed by atoms with E-state index >= 15 is 0 Å². The van der Waals surface area contributed by atoms with Crippen molar-refractivity contribution in [3.05, 3.63) is 54.1 Å². The SMILES string of the molecule is CN(C)c1ccc(/N=N/c2ccc(C(=O)NCCC[Si](C)(O[Si](C)(C)C)O[Si](C)(C)C)cc2)cc1. The molecule has 0 spiro atoms. The van der Waals surface area contributed by atoms with Gasteiger partial charge in [-0.2, -0.15) is 10.2 Å². The second-order valence-corrected chi connectivity index (χ2v) is 23.9. The van der Waals surface area contributed by atoms with E-state index in [1.807, 2.05) is 43.3 Å². The van der Waals surface area contributed by atoms with Crippen LogP contribution in [0.5, 0.6) is 0 Å². The lowest BCUT2D eigenvalue weighted by Crippen LogP contribution is -2.52. The first-order valence-corrected chi connectivity index (χ1v) is 21.5. The first-order valence-electron chi connectivity index (χ1n) is 12.1. The van der Waals surface area contributed by atoms with Crippen molar-refractivity contribution in [1.29, 1.82) is 0 Å². The first kappa shape index (κ1) is 29.1. The molecule has 0 aliphatic rings. The number of benzene rings is 2. The molecule has 192 valence electrons. The molecule has 0 atom stereocenters. The van der Waals surface area contributed by atoms with Crippen molar-refractivity contribution in [2.75, 3.05) is 25.5 Å². The topological polar surface area (TPSA) is 75.5 Å². The molecule has 0 unspecified atom stereocenters. The molecule has 0 heterocycles. The average molecular weight is 531 g/mol. The molecule has 35 heavy (non-hydrogen) atoms. The maximum absolute atomic E-state index is 12.6. The fourth-order valence-corrected chi connectivity index (χ4v) is 16.3. The van der Waals surface area contributed by atoms with Crippen molar-refractivity contribution in [3.63, 3.8) is 0 Å². The number of carbonyl (C=O) groups is 1. The van der Waals surface area contributed by atoms with Crippen molar-refractivity contribution < 1.29 is 13.0 Å². The Morgan fingerprint density at radius 2 is 1.26 bits per heavy atom. The molecule has 0 saturated heterocycles. The number of hydrogen-bond donors (Lipinski definition) is 1. The van der Waals surface area contributed by atoms with E-state index < -0.39 is 25.2 Å². The zero-order valence-electron chi connectivity index (χ0n) is 22.8. The van der Waals surface area contributed by atoms with Crippen LogP contribution in [0, 0.1) is 0 Å². The van der Waals surface area contributed by atoms with E-state index in [1.165, 1.54) is 0 Å². The molecule has 2 aromatic carbocycles. The van der Waals surface area contributed by atoms with Gasteiger partial charge in [0, 0.05) is 31.9 Å². The molecule has 0 aliphatic carbocycles. The van der Waals surface area contributed by atoms with Crippen molar-refractivity contribution in [3.8, 4) is 0 Å². The highest BCUT2D eigenvalue weighted by Crippen LogP contribution is 2.25. The quantitative estimate of drug-likeness (QED) is 0.181. The summed E-state index contributed by atoms with van der Waals surface area (Å²) >= 11 is 0. The van der Waals surface area contributed by atoms with Crippen LogP contribution in [0.1, 0.15) is 16.8 Å². The lowest BCUT2D eigenvalue weighted by atomic mass is 10.2. The Balaban J connectivity index is 1.88. The molecule has 2 aromatic rings. The minimum absolute atomic E-state index is 0.0895. The van der Waals surface area contributed by atoms with Crippen LogP contribution in [0.3, 0.4) is 0 Å². The fourth-order valence-electron chi connectivity index (χ4n) is 3.74. The molecule has 0 aromatic heterocycles. The molecule has 2 rings (SSSR count). The maximum Gasteiger partial charge on any atom is 0.314 e. The normalized spacial score (nSPS) is 12.7. The molecule has 1 N–H and O–H groups in total. The van der Waals surface area contributed by atoms with E-state index in [2.05, 4.69) is 61.4 Å². The third kappa shape index (κ3) is 11.0. The number of carbonyl (C=O) groups excluding carboxylic acids is 1. The van der Waals surface area contributed by atoms with E-state index in [4.69, 9.17) is 8.23 Å². The zero-order chi connectivity index (χ0) is 26.3. The summed E-state index contributed by atoms with van der Waals surface area (Å²) in [4.78, 5) is 14.6. The minimum atomic E-state index is -2.28. The van der Waals surface area contributed by atoms with Gasteiger partial charge in [-0.3, -0.25) is 4.79 Å². The van der Waals surface area contributed by atoms with Gasteiger partial charge in [0.25, 0.3) is 5.91 Å². The molecular weight excluding hydrogens is 489 g/mol. The number of azo groups is 1. The molecule has 0 bridgehead atoms. The fraction of sp³-hybridized carbons (Fsp3) is 0.480. The lowest BCUT2D eigenvalue weighted by molar-refractivity contribution is 0.0953. The third-order valence-corrected chi connectivity index (χ3v) is 14.5. The second kappa shape index (κ2) is 12.2. The molecule has 10 heteroatoms. The largest absolute Gasteiger partial charge is 0.437 e. The van der Waals surface area contributed by atoms with Crippen molar-refractivity contribution >= 4 is 48.2 Å². The standard InChI is InChI=1S/C25H42N4O3Si3/c1-29(2)24-17-15-23(16-18-24)28-27-22-13-11-21(12-14-22)25(30)26-19-10-20-35(9,31-33(3,4)5)32-34(6,7)8/h11-18H,10,19-20H2,1-9H3,(H,26,30)/b28-27+. The van der Waals surface area contributed by atoms with Crippen LogP contribution in [0.15, 0.2) is 58.8 Å². The van der Waals surface area contributed by atoms with E-state index in [1.54, 1.807) is 24.3 Å². The van der Waals surface area contributed by atoms with Gasteiger partial charge in [-0.15, -0.1) is 0 Å². The summed E-state index contributed by atoms with van der Waals surface area (Å²) in [6.45, 7) is 16.0. The number of hydrogen-bond acceptors (Lipinski definition) is 6. The van der Waals surface area contributed by atoms with Crippen LogP contribution < -0.4 is 10.2 Å². The van der Waals surface area contributed by atoms with E-state index in [9.17, 15) is 4.79 Å². The highest BCUT2D eigenvalue weighted by molar-refractivity contribution is 6.87. The maximum atomic E-state index is 12.6. The van der Waals surface area contributed by atoms with E-state index in [0.29, 0.717) is 17.8 Å². The Hall–Kier alpha value is -2.12. The van der Waals surface area contributed by atoms with Crippen LogP contribution in [0.4, 0.5) is 17.1 Å². The van der Waals surface area contributed by atoms with Gasteiger partial charge < -0.3 is 18.4 Å². The van der Waals surface area contributed by atoms with Crippen LogP contribution in [-0.4, -0.2) is 51.7 Å². The van der Waals surface area contributed by atoms with Crippen LogP contribution >= 0.6 is 0 Å². The zero-order valence-corrected chi connectivity index (χ0v) is 25.8. The molecule has 0 saturated carbocycles. The Labute approximate surface area is 214 Å². The Morgan fingerprint density at radius 1 is 0.800 bits per heavy atom. The highest BCUT2D eigenvalue weighted by Gasteiger charge is 2.39. The van der Waals surface area contributed by atoms with Gasteiger partial charge in [0.1, 0.15) is 0 Å². The second-order valence-electron chi connectivity index (χ2n) is 11.1. The van der Waals surface area contributed by atoms with E-state index in [-0.39, 0.29) is 5.91 Å². The summed E-state index contributed by atoms with van der Waals surface area (Å²) in [6, 6.07) is 15.9.